The summed E-state index contributed by atoms with van der Waals surface area (Å²) in [5.41, 5.74) is 1.73. The number of hydrogen-bond donors (Lipinski definition) is 3. The zero-order valence-corrected chi connectivity index (χ0v) is 14.9. The lowest BCUT2D eigenvalue weighted by Crippen LogP contribution is -2.48. The van der Waals surface area contributed by atoms with Gasteiger partial charge in [0.1, 0.15) is 0 Å². The highest BCUT2D eigenvalue weighted by molar-refractivity contribution is 9.10. The number of carbonyl (C=O) groups excluding carboxylic acids is 2. The number of piperidine rings is 1. The van der Waals surface area contributed by atoms with Crippen molar-refractivity contribution >= 4 is 45.8 Å². The highest BCUT2D eigenvalue weighted by atomic mass is 79.9. The lowest BCUT2D eigenvalue weighted by molar-refractivity contribution is -0.126. The van der Waals surface area contributed by atoms with E-state index in [2.05, 4.69) is 31.9 Å². The van der Waals surface area contributed by atoms with E-state index in [0.29, 0.717) is 0 Å². The fourth-order valence-electron chi connectivity index (χ4n) is 2.29. The van der Waals surface area contributed by atoms with Crippen LogP contribution in [0.25, 0.3) is 0 Å². The Labute approximate surface area is 145 Å². The molecular weight excluding hydrogens is 370 g/mol. The molecule has 0 spiro atoms. The molecule has 122 valence electrons. The molecular formula is C15H21BrClN3O2. The average molecular weight is 391 g/mol. The number of aryl methyl sites for hydroxylation is 1. The van der Waals surface area contributed by atoms with Crippen molar-refractivity contribution < 1.29 is 9.59 Å². The Hall–Kier alpha value is -1.11. The van der Waals surface area contributed by atoms with Gasteiger partial charge in [-0.3, -0.25) is 9.59 Å². The van der Waals surface area contributed by atoms with E-state index in [-0.39, 0.29) is 36.8 Å². The molecule has 1 aliphatic heterocycles. The third kappa shape index (κ3) is 5.59. The number of carbonyl (C=O) groups is 2. The summed E-state index contributed by atoms with van der Waals surface area (Å²) in [5.74, 6) is -0.323. The quantitative estimate of drug-likeness (QED) is 0.739. The molecule has 1 unspecified atom stereocenters. The predicted octanol–water partition coefficient (Wildman–Crippen LogP) is 2.38. The molecule has 1 aliphatic rings. The highest BCUT2D eigenvalue weighted by Crippen LogP contribution is 2.20. The van der Waals surface area contributed by atoms with Crippen molar-refractivity contribution in [2.45, 2.75) is 32.2 Å². The van der Waals surface area contributed by atoms with E-state index in [1.54, 1.807) is 0 Å². The van der Waals surface area contributed by atoms with Gasteiger partial charge in [0.25, 0.3) is 0 Å². The summed E-state index contributed by atoms with van der Waals surface area (Å²) in [6.45, 7) is 2.77. The van der Waals surface area contributed by atoms with Gasteiger partial charge in [0, 0.05) is 10.2 Å². The molecule has 0 aromatic heterocycles. The zero-order chi connectivity index (χ0) is 15.2. The summed E-state index contributed by atoms with van der Waals surface area (Å²) in [4.78, 5) is 23.8. The summed E-state index contributed by atoms with van der Waals surface area (Å²) < 4.78 is 0.902. The molecule has 5 nitrogen and oxygen atoms in total. The van der Waals surface area contributed by atoms with Crippen LogP contribution in [0.3, 0.4) is 0 Å². The van der Waals surface area contributed by atoms with Gasteiger partial charge in [0.2, 0.25) is 11.8 Å². The molecule has 0 saturated carbocycles. The molecule has 7 heteroatoms. The topological polar surface area (TPSA) is 70.2 Å². The van der Waals surface area contributed by atoms with Gasteiger partial charge in [-0.1, -0.05) is 28.4 Å². The van der Waals surface area contributed by atoms with Crippen LogP contribution in [0.15, 0.2) is 22.7 Å². The number of hydrogen-bond acceptors (Lipinski definition) is 3. The Bertz CT molecular complexity index is 534. The number of anilines is 1. The van der Waals surface area contributed by atoms with Crippen molar-refractivity contribution in [2.24, 2.45) is 0 Å². The maximum absolute atomic E-state index is 11.9. The van der Waals surface area contributed by atoms with E-state index < -0.39 is 0 Å². The Morgan fingerprint density at radius 1 is 1.36 bits per heavy atom. The largest absolute Gasteiger partial charge is 0.346 e. The minimum atomic E-state index is -0.222. The number of nitrogens with one attached hydrogen (secondary N) is 3. The Morgan fingerprint density at radius 3 is 2.82 bits per heavy atom. The van der Waals surface area contributed by atoms with Crippen LogP contribution >= 0.6 is 28.3 Å². The van der Waals surface area contributed by atoms with Crippen LogP contribution in [-0.4, -0.2) is 30.9 Å². The van der Waals surface area contributed by atoms with Crippen LogP contribution in [0.4, 0.5) is 5.69 Å². The molecule has 1 atom stereocenters. The predicted molar refractivity (Wildman–Crippen MR) is 93.4 cm³/mol. The molecule has 2 rings (SSSR count). The molecule has 0 aliphatic carbocycles. The first-order chi connectivity index (χ1) is 10.1. The summed E-state index contributed by atoms with van der Waals surface area (Å²) in [6, 6.07) is 5.52. The third-order valence-electron chi connectivity index (χ3n) is 3.52. The van der Waals surface area contributed by atoms with Gasteiger partial charge in [-0.05, 0) is 44.0 Å². The molecule has 0 bridgehead atoms. The first-order valence-electron chi connectivity index (χ1n) is 7.13. The maximum atomic E-state index is 11.9. The Kier molecular flexibility index (Phi) is 7.85. The molecule has 22 heavy (non-hydrogen) atoms. The van der Waals surface area contributed by atoms with Crippen LogP contribution in [0, 0.1) is 6.92 Å². The van der Waals surface area contributed by atoms with E-state index in [1.807, 2.05) is 25.1 Å². The van der Waals surface area contributed by atoms with Gasteiger partial charge in [-0.2, -0.15) is 0 Å². The van der Waals surface area contributed by atoms with E-state index in [4.69, 9.17) is 0 Å². The van der Waals surface area contributed by atoms with Crippen molar-refractivity contribution in [3.05, 3.63) is 28.2 Å². The van der Waals surface area contributed by atoms with Gasteiger partial charge in [0.15, 0.2) is 0 Å². The fraction of sp³-hybridized carbons (Fsp3) is 0.467. The van der Waals surface area contributed by atoms with Crippen molar-refractivity contribution in [3.8, 4) is 0 Å². The molecule has 1 heterocycles. The average Bonchev–Trinajstić information content (AvgIpc) is 2.49. The number of halogens is 2. The second-order valence-corrected chi connectivity index (χ2v) is 6.14. The fourth-order valence-corrected chi connectivity index (χ4v) is 2.65. The van der Waals surface area contributed by atoms with Gasteiger partial charge in [0.05, 0.1) is 12.6 Å². The minimum absolute atomic E-state index is 0. The van der Waals surface area contributed by atoms with Crippen molar-refractivity contribution in [1.29, 1.82) is 0 Å². The normalized spacial score (nSPS) is 17.3. The van der Waals surface area contributed by atoms with Crippen LogP contribution in [0.1, 0.15) is 24.8 Å². The molecule has 2 amide bonds. The van der Waals surface area contributed by atoms with E-state index in [9.17, 15) is 9.59 Å². The van der Waals surface area contributed by atoms with Gasteiger partial charge < -0.3 is 16.0 Å². The second kappa shape index (κ2) is 9.12. The first-order valence-corrected chi connectivity index (χ1v) is 7.92. The third-order valence-corrected chi connectivity index (χ3v) is 4.02. The smallest absolute Gasteiger partial charge is 0.243 e. The highest BCUT2D eigenvalue weighted by Gasteiger charge is 2.20. The standard InChI is InChI=1S/C15H20BrN3O2.ClH/c1-10-5-6-11(16)8-13(10)19-14(20)9-18-15(21)12-4-2-3-7-17-12;/h5-6,8,12,17H,2-4,7,9H2,1H3,(H,18,21)(H,19,20);1H. The summed E-state index contributed by atoms with van der Waals surface area (Å²) in [5, 5.41) is 8.65. The van der Waals surface area contributed by atoms with Crippen LogP contribution < -0.4 is 16.0 Å². The lowest BCUT2D eigenvalue weighted by atomic mass is 10.0. The monoisotopic (exact) mass is 389 g/mol. The number of benzene rings is 1. The molecule has 1 aromatic carbocycles. The molecule has 3 N–H and O–H groups in total. The van der Waals surface area contributed by atoms with Gasteiger partial charge in [-0.25, -0.2) is 0 Å². The Balaban J connectivity index is 0.00000242. The molecule has 1 saturated heterocycles. The molecule has 0 radical (unpaired) electrons. The van der Waals surface area contributed by atoms with Crippen LogP contribution in [-0.2, 0) is 9.59 Å². The number of amides is 2. The lowest BCUT2D eigenvalue weighted by Gasteiger charge is -2.22. The van der Waals surface area contributed by atoms with E-state index >= 15 is 0 Å². The van der Waals surface area contributed by atoms with E-state index in [0.717, 1.165) is 41.5 Å². The molecule has 1 aromatic rings. The van der Waals surface area contributed by atoms with Crippen molar-refractivity contribution in [3.63, 3.8) is 0 Å². The summed E-state index contributed by atoms with van der Waals surface area (Å²) in [7, 11) is 0. The molecule has 1 fully saturated rings. The van der Waals surface area contributed by atoms with Crippen LogP contribution in [0.5, 0.6) is 0 Å². The van der Waals surface area contributed by atoms with Gasteiger partial charge >= 0.3 is 0 Å². The second-order valence-electron chi connectivity index (χ2n) is 5.23. The van der Waals surface area contributed by atoms with E-state index in [1.165, 1.54) is 0 Å². The SMILES string of the molecule is Cc1ccc(Br)cc1NC(=O)CNC(=O)C1CCCCN1.Cl. The summed E-state index contributed by atoms with van der Waals surface area (Å²) in [6.07, 6.45) is 2.99. The van der Waals surface area contributed by atoms with Gasteiger partial charge in [-0.15, -0.1) is 12.4 Å². The first kappa shape index (κ1) is 18.9. The maximum Gasteiger partial charge on any atom is 0.243 e. The minimum Gasteiger partial charge on any atom is -0.346 e. The Morgan fingerprint density at radius 2 is 2.14 bits per heavy atom. The van der Waals surface area contributed by atoms with Crippen molar-refractivity contribution in [1.82, 2.24) is 10.6 Å². The van der Waals surface area contributed by atoms with Crippen LogP contribution in [0.2, 0.25) is 0 Å². The zero-order valence-electron chi connectivity index (χ0n) is 12.4. The number of rotatable bonds is 4. The summed E-state index contributed by atoms with van der Waals surface area (Å²) >= 11 is 3.37. The van der Waals surface area contributed by atoms with Crippen molar-refractivity contribution in [2.75, 3.05) is 18.4 Å².